The van der Waals surface area contributed by atoms with Crippen molar-refractivity contribution in [2.24, 2.45) is 10.2 Å². The van der Waals surface area contributed by atoms with Crippen LogP contribution in [0.1, 0.15) is 6.92 Å². The number of aryl methyl sites for hydroxylation is 1. The predicted molar refractivity (Wildman–Crippen MR) is 101 cm³/mol. The Hall–Kier alpha value is -2.99. The lowest BCUT2D eigenvalue weighted by atomic mass is 10.2. The smallest absolute Gasteiger partial charge is 0.230 e. The molecule has 0 atom stereocenters. The molecule has 0 bridgehead atoms. The van der Waals surface area contributed by atoms with Crippen LogP contribution in [0.5, 0.6) is 5.88 Å². The van der Waals surface area contributed by atoms with Crippen LogP contribution in [0.4, 0.5) is 10.8 Å². The Balaban J connectivity index is 1.70. The topological polar surface area (TPSA) is 62.8 Å². The van der Waals surface area contributed by atoms with Gasteiger partial charge in [0.15, 0.2) is 5.69 Å². The van der Waals surface area contributed by atoms with Gasteiger partial charge < -0.3 is 9.67 Å². The summed E-state index contributed by atoms with van der Waals surface area (Å²) in [6, 6.07) is 17.7. The molecule has 0 radical (unpaired) electrons. The maximum absolute atomic E-state index is 10.5. The lowest BCUT2D eigenvalue weighted by Gasteiger charge is -2.00. The van der Waals surface area contributed by atoms with E-state index in [4.69, 9.17) is 0 Å². The predicted octanol–water partition coefficient (Wildman–Crippen LogP) is 5.91. The number of hydrogen-bond donors (Lipinski definition) is 1. The minimum absolute atomic E-state index is 0.132. The summed E-state index contributed by atoms with van der Waals surface area (Å²) in [5, 5.41) is 22.4. The van der Waals surface area contributed by atoms with Gasteiger partial charge in [-0.2, -0.15) is 0 Å². The maximum atomic E-state index is 10.5. The summed E-state index contributed by atoms with van der Waals surface area (Å²) in [6.07, 6.45) is 0. The Morgan fingerprint density at radius 1 is 1.04 bits per heavy atom. The third-order valence-electron chi connectivity index (χ3n) is 4.03. The summed E-state index contributed by atoms with van der Waals surface area (Å²) >= 11 is 1.43. The molecule has 0 fully saturated rings. The van der Waals surface area contributed by atoms with Gasteiger partial charge in [-0.05, 0) is 13.0 Å². The molecule has 0 aliphatic rings. The van der Waals surface area contributed by atoms with Crippen molar-refractivity contribution in [2.75, 3.05) is 0 Å². The summed E-state index contributed by atoms with van der Waals surface area (Å²) in [5.41, 5.74) is 3.35. The SMILES string of the molecule is CCn1c(O)c(N=Nc2nc(-c3ccccc3)cs2)c2ccccc21. The van der Waals surface area contributed by atoms with Crippen LogP contribution < -0.4 is 0 Å². The first kappa shape index (κ1) is 15.5. The highest BCUT2D eigenvalue weighted by atomic mass is 32.1. The molecule has 0 saturated heterocycles. The van der Waals surface area contributed by atoms with Crippen LogP contribution in [0.25, 0.3) is 22.2 Å². The van der Waals surface area contributed by atoms with E-state index in [1.807, 2.05) is 71.5 Å². The number of nitrogens with zero attached hydrogens (tertiary/aromatic N) is 4. The number of fused-ring (bicyclic) bond motifs is 1. The zero-order valence-corrected chi connectivity index (χ0v) is 14.4. The van der Waals surface area contributed by atoms with Gasteiger partial charge in [-0.1, -0.05) is 48.5 Å². The van der Waals surface area contributed by atoms with Gasteiger partial charge in [-0.25, -0.2) is 4.98 Å². The van der Waals surface area contributed by atoms with Crippen molar-refractivity contribution in [3.8, 4) is 17.1 Å². The van der Waals surface area contributed by atoms with Crippen molar-refractivity contribution < 1.29 is 5.11 Å². The van der Waals surface area contributed by atoms with E-state index in [1.165, 1.54) is 11.3 Å². The van der Waals surface area contributed by atoms with Crippen LogP contribution in [-0.4, -0.2) is 14.7 Å². The van der Waals surface area contributed by atoms with Crippen LogP contribution in [0, 0.1) is 0 Å². The normalized spacial score (nSPS) is 11.6. The average Bonchev–Trinajstić information content (AvgIpc) is 3.23. The fraction of sp³-hybridized carbons (Fsp3) is 0.105. The van der Waals surface area contributed by atoms with E-state index >= 15 is 0 Å². The second kappa shape index (κ2) is 6.49. The number of thiazole rings is 1. The van der Waals surface area contributed by atoms with E-state index in [0.29, 0.717) is 17.4 Å². The van der Waals surface area contributed by atoms with E-state index < -0.39 is 0 Å². The van der Waals surface area contributed by atoms with Crippen molar-refractivity contribution in [2.45, 2.75) is 13.5 Å². The van der Waals surface area contributed by atoms with Crippen LogP contribution in [0.3, 0.4) is 0 Å². The van der Waals surface area contributed by atoms with Crippen LogP contribution >= 0.6 is 11.3 Å². The number of azo groups is 1. The van der Waals surface area contributed by atoms with Gasteiger partial charge in [-0.15, -0.1) is 21.6 Å². The van der Waals surface area contributed by atoms with Gasteiger partial charge in [0, 0.05) is 22.9 Å². The molecule has 1 N–H and O–H groups in total. The van der Waals surface area contributed by atoms with Crippen molar-refractivity contribution >= 4 is 33.1 Å². The Morgan fingerprint density at radius 2 is 1.80 bits per heavy atom. The number of aromatic hydroxyl groups is 1. The van der Waals surface area contributed by atoms with E-state index in [0.717, 1.165) is 22.2 Å². The fourth-order valence-electron chi connectivity index (χ4n) is 2.83. The fourth-order valence-corrected chi connectivity index (χ4v) is 3.48. The van der Waals surface area contributed by atoms with Crippen molar-refractivity contribution in [3.05, 3.63) is 60.0 Å². The standard InChI is InChI=1S/C19H16N4OS/c1-2-23-16-11-7-6-10-14(16)17(18(23)24)21-22-19-20-15(12-25-19)13-8-4-3-5-9-13/h3-12,24H,2H2,1H3. The lowest BCUT2D eigenvalue weighted by Crippen LogP contribution is -1.91. The third-order valence-corrected chi connectivity index (χ3v) is 4.76. The minimum Gasteiger partial charge on any atom is -0.493 e. The quantitative estimate of drug-likeness (QED) is 0.466. The van der Waals surface area contributed by atoms with E-state index in [-0.39, 0.29) is 5.88 Å². The first-order valence-electron chi connectivity index (χ1n) is 8.01. The van der Waals surface area contributed by atoms with Crippen LogP contribution in [-0.2, 0) is 6.54 Å². The van der Waals surface area contributed by atoms with E-state index in [9.17, 15) is 5.11 Å². The van der Waals surface area contributed by atoms with Crippen molar-refractivity contribution in [1.29, 1.82) is 0 Å². The Morgan fingerprint density at radius 3 is 2.60 bits per heavy atom. The van der Waals surface area contributed by atoms with Crippen molar-refractivity contribution in [3.63, 3.8) is 0 Å². The second-order valence-corrected chi connectivity index (χ2v) is 6.35. The molecule has 0 amide bonds. The summed E-state index contributed by atoms with van der Waals surface area (Å²) in [4.78, 5) is 4.50. The lowest BCUT2D eigenvalue weighted by molar-refractivity contribution is 0.427. The monoisotopic (exact) mass is 348 g/mol. The zero-order valence-electron chi connectivity index (χ0n) is 13.6. The van der Waals surface area contributed by atoms with Gasteiger partial charge in [0.25, 0.3) is 0 Å². The number of benzene rings is 2. The molecule has 6 heteroatoms. The zero-order chi connectivity index (χ0) is 17.2. The minimum atomic E-state index is 0.132. The molecule has 4 aromatic rings. The first-order valence-corrected chi connectivity index (χ1v) is 8.88. The molecular formula is C19H16N4OS. The molecule has 4 rings (SSSR count). The molecule has 2 heterocycles. The van der Waals surface area contributed by atoms with Gasteiger partial charge in [0.1, 0.15) is 0 Å². The highest BCUT2D eigenvalue weighted by Crippen LogP contribution is 2.39. The summed E-state index contributed by atoms with van der Waals surface area (Å²) < 4.78 is 1.82. The number of rotatable bonds is 4. The molecular weight excluding hydrogens is 332 g/mol. The number of para-hydroxylation sites is 1. The molecule has 5 nitrogen and oxygen atoms in total. The number of hydrogen-bond acceptors (Lipinski definition) is 5. The highest BCUT2D eigenvalue weighted by Gasteiger charge is 2.15. The summed E-state index contributed by atoms with van der Waals surface area (Å²) in [7, 11) is 0. The third kappa shape index (κ3) is 2.81. The molecule has 124 valence electrons. The van der Waals surface area contributed by atoms with E-state index in [1.54, 1.807) is 0 Å². The first-order chi connectivity index (χ1) is 12.3. The summed E-state index contributed by atoms with van der Waals surface area (Å²) in [6.45, 7) is 2.65. The second-order valence-electron chi connectivity index (χ2n) is 5.51. The Bertz CT molecular complexity index is 1050. The van der Waals surface area contributed by atoms with Crippen LogP contribution in [0.15, 0.2) is 70.2 Å². The molecule has 0 unspecified atom stereocenters. The van der Waals surface area contributed by atoms with Gasteiger partial charge in [-0.3, -0.25) is 0 Å². The Labute approximate surface area is 148 Å². The van der Waals surface area contributed by atoms with Crippen LogP contribution in [0.2, 0.25) is 0 Å². The highest BCUT2D eigenvalue weighted by molar-refractivity contribution is 7.13. The van der Waals surface area contributed by atoms with Gasteiger partial charge in [0.2, 0.25) is 11.0 Å². The maximum Gasteiger partial charge on any atom is 0.230 e. The van der Waals surface area contributed by atoms with Crippen molar-refractivity contribution in [1.82, 2.24) is 9.55 Å². The van der Waals surface area contributed by atoms with Gasteiger partial charge >= 0.3 is 0 Å². The average molecular weight is 348 g/mol. The molecule has 0 saturated carbocycles. The van der Waals surface area contributed by atoms with E-state index in [2.05, 4.69) is 15.2 Å². The molecule has 0 spiro atoms. The molecule has 0 aliphatic carbocycles. The summed E-state index contributed by atoms with van der Waals surface area (Å²) in [5.74, 6) is 0.132. The molecule has 2 aromatic heterocycles. The molecule has 2 aromatic carbocycles. The van der Waals surface area contributed by atoms with Gasteiger partial charge in [0.05, 0.1) is 11.2 Å². The Kier molecular flexibility index (Phi) is 4.03. The largest absolute Gasteiger partial charge is 0.493 e. The molecule has 0 aliphatic heterocycles. The number of aromatic nitrogens is 2. The molecule has 25 heavy (non-hydrogen) atoms.